The molecule has 0 amide bonds. The summed E-state index contributed by atoms with van der Waals surface area (Å²) in [5.41, 5.74) is 0. The molecule has 0 aromatic carbocycles. The number of aliphatic carboxylic acids is 1. The van der Waals surface area contributed by atoms with Crippen LogP contribution in [0.3, 0.4) is 0 Å². The third-order valence-electron chi connectivity index (χ3n) is 4.29. The first kappa shape index (κ1) is 13.8. The van der Waals surface area contributed by atoms with Crippen molar-refractivity contribution in [3.05, 3.63) is 0 Å². The van der Waals surface area contributed by atoms with Crippen LogP contribution in [0, 0.1) is 5.92 Å². The Balaban J connectivity index is 1.99. The molecule has 2 aliphatic rings. The van der Waals surface area contributed by atoms with Crippen LogP contribution >= 0.6 is 0 Å². The van der Waals surface area contributed by atoms with Gasteiger partial charge in [0.1, 0.15) is 6.04 Å². The molecule has 18 heavy (non-hydrogen) atoms. The second kappa shape index (κ2) is 7.10. The van der Waals surface area contributed by atoms with Gasteiger partial charge in [-0.25, -0.2) is 0 Å². The van der Waals surface area contributed by atoms with Gasteiger partial charge in [0, 0.05) is 13.1 Å². The monoisotopic (exact) mass is 255 g/mol. The van der Waals surface area contributed by atoms with Crippen LogP contribution in [0.1, 0.15) is 44.9 Å². The van der Waals surface area contributed by atoms with Crippen LogP contribution in [-0.4, -0.2) is 48.3 Å². The molecule has 1 saturated heterocycles. The molecule has 2 fully saturated rings. The van der Waals surface area contributed by atoms with Crippen LogP contribution in [0.4, 0.5) is 0 Å². The molecule has 0 spiro atoms. The van der Waals surface area contributed by atoms with Gasteiger partial charge in [-0.3, -0.25) is 9.69 Å². The number of ether oxygens (including phenoxy) is 1. The number of hydrogen-bond acceptors (Lipinski definition) is 3. The fraction of sp³-hybridized carbons (Fsp3) is 0.929. The molecule has 1 heterocycles. The molecule has 1 aliphatic heterocycles. The summed E-state index contributed by atoms with van der Waals surface area (Å²) in [6, 6.07) is -0.285. The lowest BCUT2D eigenvalue weighted by Crippen LogP contribution is -2.51. The number of carboxylic acids is 1. The lowest BCUT2D eigenvalue weighted by molar-refractivity contribution is -0.148. The van der Waals surface area contributed by atoms with Gasteiger partial charge in [0.05, 0.1) is 13.2 Å². The van der Waals surface area contributed by atoms with E-state index in [1.807, 2.05) is 0 Å². The van der Waals surface area contributed by atoms with Crippen molar-refractivity contribution in [1.82, 2.24) is 4.90 Å². The Labute approximate surface area is 109 Å². The number of nitrogens with zero attached hydrogens (tertiary/aromatic N) is 1. The van der Waals surface area contributed by atoms with Gasteiger partial charge >= 0.3 is 5.97 Å². The van der Waals surface area contributed by atoms with E-state index in [2.05, 4.69) is 4.90 Å². The van der Waals surface area contributed by atoms with Gasteiger partial charge in [0.15, 0.2) is 0 Å². The third kappa shape index (κ3) is 3.69. The average molecular weight is 255 g/mol. The zero-order valence-corrected chi connectivity index (χ0v) is 11.1. The molecule has 0 aromatic rings. The normalized spacial score (nSPS) is 26.2. The zero-order valence-electron chi connectivity index (χ0n) is 11.1. The number of morpholine rings is 1. The van der Waals surface area contributed by atoms with E-state index in [9.17, 15) is 9.90 Å². The number of rotatable bonds is 3. The maximum absolute atomic E-state index is 11.6. The minimum absolute atomic E-state index is 0.285. The van der Waals surface area contributed by atoms with E-state index in [4.69, 9.17) is 4.74 Å². The highest BCUT2D eigenvalue weighted by molar-refractivity contribution is 5.74. The van der Waals surface area contributed by atoms with Gasteiger partial charge in [-0.05, 0) is 18.8 Å². The summed E-state index contributed by atoms with van der Waals surface area (Å²) in [7, 11) is 0. The molecule has 104 valence electrons. The minimum Gasteiger partial charge on any atom is -0.480 e. The van der Waals surface area contributed by atoms with E-state index in [0.717, 1.165) is 25.9 Å². The molecule has 4 nitrogen and oxygen atoms in total. The summed E-state index contributed by atoms with van der Waals surface area (Å²) in [5, 5.41) is 9.56. The Hall–Kier alpha value is -0.610. The molecule has 1 aliphatic carbocycles. The van der Waals surface area contributed by atoms with Crippen molar-refractivity contribution >= 4 is 5.97 Å². The van der Waals surface area contributed by atoms with Crippen molar-refractivity contribution in [2.24, 2.45) is 5.92 Å². The van der Waals surface area contributed by atoms with Crippen molar-refractivity contribution in [1.29, 1.82) is 0 Å². The summed E-state index contributed by atoms with van der Waals surface area (Å²) in [4.78, 5) is 13.7. The standard InChI is InChI=1S/C14H25NO3/c16-14(17)13(15-8-10-18-11-9-15)12-6-4-2-1-3-5-7-12/h12-13H,1-11H2,(H,16,17). The van der Waals surface area contributed by atoms with Gasteiger partial charge < -0.3 is 9.84 Å². The lowest BCUT2D eigenvalue weighted by Gasteiger charge is -2.37. The molecule has 0 aromatic heterocycles. The van der Waals surface area contributed by atoms with Gasteiger partial charge in [-0.1, -0.05) is 32.1 Å². The first-order valence-corrected chi connectivity index (χ1v) is 7.33. The van der Waals surface area contributed by atoms with E-state index >= 15 is 0 Å². The fourth-order valence-electron chi connectivity index (χ4n) is 3.32. The van der Waals surface area contributed by atoms with E-state index < -0.39 is 5.97 Å². The Morgan fingerprint density at radius 2 is 1.61 bits per heavy atom. The molecule has 4 heteroatoms. The van der Waals surface area contributed by atoms with Gasteiger partial charge in [0.2, 0.25) is 0 Å². The van der Waals surface area contributed by atoms with Gasteiger partial charge in [-0.15, -0.1) is 0 Å². The van der Waals surface area contributed by atoms with Crippen LogP contribution in [0.25, 0.3) is 0 Å². The largest absolute Gasteiger partial charge is 0.480 e. The lowest BCUT2D eigenvalue weighted by atomic mass is 9.85. The van der Waals surface area contributed by atoms with E-state index in [1.165, 1.54) is 32.1 Å². The maximum Gasteiger partial charge on any atom is 0.321 e. The Bertz CT molecular complexity index is 256. The summed E-state index contributed by atoms with van der Waals surface area (Å²) in [6.07, 6.45) is 8.40. The summed E-state index contributed by atoms with van der Waals surface area (Å²) >= 11 is 0. The number of carbonyl (C=O) groups is 1. The molecule has 2 rings (SSSR count). The van der Waals surface area contributed by atoms with Crippen LogP contribution in [0.5, 0.6) is 0 Å². The first-order valence-electron chi connectivity index (χ1n) is 7.33. The predicted octanol–water partition coefficient (Wildman–Crippen LogP) is 2.13. The van der Waals surface area contributed by atoms with Crippen molar-refractivity contribution in [3.63, 3.8) is 0 Å². The van der Waals surface area contributed by atoms with Crippen LogP contribution in [-0.2, 0) is 9.53 Å². The first-order chi connectivity index (χ1) is 8.79. The van der Waals surface area contributed by atoms with E-state index in [0.29, 0.717) is 19.1 Å². The summed E-state index contributed by atoms with van der Waals surface area (Å²) < 4.78 is 5.33. The van der Waals surface area contributed by atoms with Crippen LogP contribution in [0.2, 0.25) is 0 Å². The fourth-order valence-corrected chi connectivity index (χ4v) is 3.32. The Morgan fingerprint density at radius 3 is 2.17 bits per heavy atom. The maximum atomic E-state index is 11.6. The average Bonchev–Trinajstić information content (AvgIpc) is 2.33. The topological polar surface area (TPSA) is 49.8 Å². The summed E-state index contributed by atoms with van der Waals surface area (Å²) in [6.45, 7) is 2.90. The highest BCUT2D eigenvalue weighted by Crippen LogP contribution is 2.28. The molecule has 1 saturated carbocycles. The molecular formula is C14H25NO3. The zero-order chi connectivity index (χ0) is 12.8. The third-order valence-corrected chi connectivity index (χ3v) is 4.29. The molecule has 1 N–H and O–H groups in total. The number of hydrogen-bond donors (Lipinski definition) is 1. The van der Waals surface area contributed by atoms with Crippen LogP contribution < -0.4 is 0 Å². The van der Waals surface area contributed by atoms with Gasteiger partial charge in [-0.2, -0.15) is 0 Å². The Kier molecular flexibility index (Phi) is 5.45. The summed E-state index contributed by atoms with van der Waals surface area (Å²) in [5.74, 6) is -0.302. The Morgan fingerprint density at radius 1 is 1.06 bits per heavy atom. The van der Waals surface area contributed by atoms with Crippen molar-refractivity contribution in [2.75, 3.05) is 26.3 Å². The van der Waals surface area contributed by atoms with Crippen LogP contribution in [0.15, 0.2) is 0 Å². The predicted molar refractivity (Wildman–Crippen MR) is 69.6 cm³/mol. The second-order valence-electron chi connectivity index (χ2n) is 5.54. The highest BCUT2D eigenvalue weighted by atomic mass is 16.5. The van der Waals surface area contributed by atoms with Gasteiger partial charge in [0.25, 0.3) is 0 Å². The van der Waals surface area contributed by atoms with E-state index in [-0.39, 0.29) is 6.04 Å². The highest BCUT2D eigenvalue weighted by Gasteiger charge is 2.34. The molecule has 0 bridgehead atoms. The molecule has 0 radical (unpaired) electrons. The smallest absolute Gasteiger partial charge is 0.321 e. The SMILES string of the molecule is O=C(O)C(C1CCCCCCC1)N1CCOCC1. The second-order valence-corrected chi connectivity index (χ2v) is 5.54. The van der Waals surface area contributed by atoms with Crippen molar-refractivity contribution in [2.45, 2.75) is 51.0 Å². The van der Waals surface area contributed by atoms with Crippen molar-refractivity contribution < 1.29 is 14.6 Å². The quantitative estimate of drug-likeness (QED) is 0.839. The van der Waals surface area contributed by atoms with E-state index in [1.54, 1.807) is 0 Å². The molecule has 1 unspecified atom stereocenters. The van der Waals surface area contributed by atoms with Crippen molar-refractivity contribution in [3.8, 4) is 0 Å². The minimum atomic E-state index is -0.637. The molecular weight excluding hydrogens is 230 g/mol. The molecule has 1 atom stereocenters. The number of carboxylic acid groups (broad SMARTS) is 1.